The summed E-state index contributed by atoms with van der Waals surface area (Å²) in [6, 6.07) is 7.48. The zero-order valence-electron chi connectivity index (χ0n) is 15.4. The van der Waals surface area contributed by atoms with Gasteiger partial charge in [0.2, 0.25) is 5.91 Å². The Labute approximate surface area is 161 Å². The van der Waals surface area contributed by atoms with Crippen molar-refractivity contribution in [2.24, 2.45) is 0 Å². The number of aryl methyl sites for hydroxylation is 3. The minimum absolute atomic E-state index is 0.183. The minimum atomic E-state index is -0.511. The summed E-state index contributed by atoms with van der Waals surface area (Å²) in [5.74, 6) is -1.34. The van der Waals surface area contributed by atoms with Gasteiger partial charge in [-0.25, -0.2) is 4.79 Å². The number of esters is 1. The number of fused-ring (bicyclic) bond motifs is 1. The fraction of sp³-hybridized carbons (Fsp3) is 0.350. The molecule has 3 rings (SSSR count). The Morgan fingerprint density at radius 3 is 2.74 bits per heavy atom. The SMILES string of the molecule is Cc1cccc(NC(=O)CNC(=O)COC(=O)c2cc3c(s2)CCC3)c1C. The Morgan fingerprint density at radius 2 is 1.96 bits per heavy atom. The van der Waals surface area contributed by atoms with Crippen LogP contribution in [-0.4, -0.2) is 30.9 Å². The second kappa shape index (κ2) is 8.35. The molecule has 6 nitrogen and oxygen atoms in total. The molecule has 0 radical (unpaired) electrons. The molecule has 2 N–H and O–H groups in total. The summed E-state index contributed by atoms with van der Waals surface area (Å²) in [6.07, 6.45) is 3.13. The van der Waals surface area contributed by atoms with E-state index < -0.39 is 18.5 Å². The molecule has 0 saturated carbocycles. The van der Waals surface area contributed by atoms with Gasteiger partial charge in [-0.05, 0) is 61.9 Å². The highest BCUT2D eigenvalue weighted by atomic mass is 32.1. The maximum atomic E-state index is 12.0. The van der Waals surface area contributed by atoms with Crippen LogP contribution in [0.2, 0.25) is 0 Å². The molecule has 0 aliphatic heterocycles. The van der Waals surface area contributed by atoms with Gasteiger partial charge in [0.25, 0.3) is 5.91 Å². The summed E-state index contributed by atoms with van der Waals surface area (Å²) >= 11 is 1.43. The molecule has 0 bridgehead atoms. The van der Waals surface area contributed by atoms with Crippen LogP contribution in [-0.2, 0) is 27.2 Å². The molecule has 1 aromatic heterocycles. The predicted octanol–water partition coefficient (Wildman–Crippen LogP) is 2.77. The maximum absolute atomic E-state index is 12.0. The van der Waals surface area contributed by atoms with Gasteiger partial charge in [-0.1, -0.05) is 12.1 Å². The number of benzene rings is 1. The molecule has 1 heterocycles. The zero-order valence-corrected chi connectivity index (χ0v) is 16.2. The molecule has 2 amide bonds. The van der Waals surface area contributed by atoms with Crippen molar-refractivity contribution in [1.29, 1.82) is 0 Å². The Kier molecular flexibility index (Phi) is 5.91. The molecule has 1 aliphatic rings. The first-order chi connectivity index (χ1) is 12.9. The number of hydrogen-bond donors (Lipinski definition) is 2. The third-order valence-electron chi connectivity index (χ3n) is 4.61. The number of thiophene rings is 1. The lowest BCUT2D eigenvalue weighted by Crippen LogP contribution is -2.35. The normalized spacial score (nSPS) is 12.4. The first kappa shape index (κ1) is 19.1. The Balaban J connectivity index is 1.41. The van der Waals surface area contributed by atoms with Crippen molar-refractivity contribution < 1.29 is 19.1 Å². The molecule has 142 valence electrons. The van der Waals surface area contributed by atoms with Crippen LogP contribution in [0.4, 0.5) is 5.69 Å². The van der Waals surface area contributed by atoms with E-state index in [1.165, 1.54) is 21.8 Å². The zero-order chi connectivity index (χ0) is 19.4. The molecule has 0 saturated heterocycles. The van der Waals surface area contributed by atoms with Crippen LogP contribution in [0, 0.1) is 13.8 Å². The van der Waals surface area contributed by atoms with Crippen LogP contribution >= 0.6 is 11.3 Å². The summed E-state index contributed by atoms with van der Waals surface area (Å²) in [7, 11) is 0. The van der Waals surface area contributed by atoms with Gasteiger partial charge >= 0.3 is 5.97 Å². The standard InChI is InChI=1S/C20H22N2O4S/c1-12-5-3-7-15(13(12)2)22-18(23)10-21-19(24)11-26-20(25)17-9-14-6-4-8-16(14)27-17/h3,5,7,9H,4,6,8,10-11H2,1-2H3,(H,21,24)(H,22,23). The van der Waals surface area contributed by atoms with Gasteiger partial charge in [0.05, 0.1) is 6.54 Å². The van der Waals surface area contributed by atoms with Crippen molar-refractivity contribution in [1.82, 2.24) is 5.32 Å². The van der Waals surface area contributed by atoms with E-state index in [-0.39, 0.29) is 12.5 Å². The quantitative estimate of drug-likeness (QED) is 0.748. The fourth-order valence-corrected chi connectivity index (χ4v) is 4.09. The number of nitrogens with one attached hydrogen (secondary N) is 2. The highest BCUT2D eigenvalue weighted by molar-refractivity contribution is 7.14. The topological polar surface area (TPSA) is 84.5 Å². The number of rotatable bonds is 6. The number of hydrogen-bond acceptors (Lipinski definition) is 5. The first-order valence-corrected chi connectivity index (χ1v) is 9.67. The smallest absolute Gasteiger partial charge is 0.348 e. The average molecular weight is 386 g/mol. The van der Waals surface area contributed by atoms with Crippen molar-refractivity contribution in [3.8, 4) is 0 Å². The molecule has 0 fully saturated rings. The van der Waals surface area contributed by atoms with Gasteiger partial charge in [0, 0.05) is 10.6 Å². The molecule has 0 spiro atoms. The molecule has 1 aromatic carbocycles. The number of anilines is 1. The minimum Gasteiger partial charge on any atom is -0.451 e. The highest BCUT2D eigenvalue weighted by Crippen LogP contribution is 2.30. The van der Waals surface area contributed by atoms with Gasteiger partial charge < -0.3 is 15.4 Å². The first-order valence-electron chi connectivity index (χ1n) is 8.85. The summed E-state index contributed by atoms with van der Waals surface area (Å²) in [5, 5.41) is 5.22. The van der Waals surface area contributed by atoms with E-state index in [0.29, 0.717) is 10.6 Å². The van der Waals surface area contributed by atoms with E-state index in [9.17, 15) is 14.4 Å². The van der Waals surface area contributed by atoms with E-state index in [1.807, 2.05) is 38.1 Å². The van der Waals surface area contributed by atoms with Crippen LogP contribution in [0.5, 0.6) is 0 Å². The lowest BCUT2D eigenvalue weighted by atomic mass is 10.1. The fourth-order valence-electron chi connectivity index (χ4n) is 2.94. The van der Waals surface area contributed by atoms with Crippen LogP contribution in [0.3, 0.4) is 0 Å². The van der Waals surface area contributed by atoms with Crippen LogP contribution < -0.4 is 10.6 Å². The predicted molar refractivity (Wildman–Crippen MR) is 104 cm³/mol. The van der Waals surface area contributed by atoms with Crippen molar-refractivity contribution in [2.45, 2.75) is 33.1 Å². The largest absolute Gasteiger partial charge is 0.451 e. The summed E-state index contributed by atoms with van der Waals surface area (Å²) in [4.78, 5) is 37.6. The molecule has 0 unspecified atom stereocenters. The van der Waals surface area contributed by atoms with E-state index >= 15 is 0 Å². The van der Waals surface area contributed by atoms with Gasteiger partial charge in [-0.15, -0.1) is 11.3 Å². The average Bonchev–Trinajstić information content (AvgIpc) is 3.24. The van der Waals surface area contributed by atoms with Crippen molar-refractivity contribution in [2.75, 3.05) is 18.5 Å². The molecular weight excluding hydrogens is 364 g/mol. The van der Waals surface area contributed by atoms with E-state index in [0.717, 1.165) is 30.4 Å². The number of carbonyl (C=O) groups excluding carboxylic acids is 3. The molecule has 0 atom stereocenters. The highest BCUT2D eigenvalue weighted by Gasteiger charge is 2.20. The van der Waals surface area contributed by atoms with E-state index in [4.69, 9.17) is 4.74 Å². The Morgan fingerprint density at radius 1 is 1.15 bits per heavy atom. The van der Waals surface area contributed by atoms with Gasteiger partial charge in [-0.2, -0.15) is 0 Å². The van der Waals surface area contributed by atoms with Gasteiger partial charge in [0.1, 0.15) is 4.88 Å². The lowest BCUT2D eigenvalue weighted by molar-refractivity contribution is -0.126. The molecule has 2 aromatic rings. The maximum Gasteiger partial charge on any atom is 0.348 e. The number of ether oxygens (including phenoxy) is 1. The van der Waals surface area contributed by atoms with Crippen LogP contribution in [0.1, 0.15) is 37.7 Å². The molecule has 1 aliphatic carbocycles. The Bertz CT molecular complexity index is 867. The molecule has 27 heavy (non-hydrogen) atoms. The molecule has 7 heteroatoms. The second-order valence-corrected chi connectivity index (χ2v) is 7.70. The summed E-state index contributed by atoms with van der Waals surface area (Å²) in [5.41, 5.74) is 3.98. The van der Waals surface area contributed by atoms with Crippen LogP contribution in [0.15, 0.2) is 24.3 Å². The Hall–Kier alpha value is -2.67. The third kappa shape index (κ3) is 4.74. The van der Waals surface area contributed by atoms with Crippen LogP contribution in [0.25, 0.3) is 0 Å². The number of carbonyl (C=O) groups is 3. The third-order valence-corrected chi connectivity index (χ3v) is 5.82. The van der Waals surface area contributed by atoms with Crippen molar-refractivity contribution in [3.63, 3.8) is 0 Å². The van der Waals surface area contributed by atoms with Gasteiger partial charge in [-0.3, -0.25) is 9.59 Å². The summed E-state index contributed by atoms with van der Waals surface area (Å²) in [6.45, 7) is 3.29. The van der Waals surface area contributed by atoms with E-state index in [2.05, 4.69) is 10.6 Å². The van der Waals surface area contributed by atoms with E-state index in [1.54, 1.807) is 0 Å². The van der Waals surface area contributed by atoms with Crippen molar-refractivity contribution >= 4 is 34.8 Å². The summed E-state index contributed by atoms with van der Waals surface area (Å²) < 4.78 is 5.04. The second-order valence-electron chi connectivity index (χ2n) is 6.56. The van der Waals surface area contributed by atoms with Gasteiger partial charge in [0.15, 0.2) is 6.61 Å². The van der Waals surface area contributed by atoms with Crippen molar-refractivity contribution in [3.05, 3.63) is 50.7 Å². The number of amides is 2. The molecular formula is C20H22N2O4S. The monoisotopic (exact) mass is 386 g/mol. The lowest BCUT2D eigenvalue weighted by Gasteiger charge is -2.11.